The minimum atomic E-state index is 0.660. The maximum absolute atomic E-state index is 5.14. The summed E-state index contributed by atoms with van der Waals surface area (Å²) in [6, 6.07) is 0. The standard InChI is InChI=1S/C11H22O/c1-4-10(6-9-12-3)11(2)7-5-8-11/h10H,4-9H2,1-3H3. The second-order valence-electron chi connectivity index (χ2n) is 4.39. The summed E-state index contributed by atoms with van der Waals surface area (Å²) in [4.78, 5) is 0. The number of methoxy groups -OCH3 is 1. The summed E-state index contributed by atoms with van der Waals surface area (Å²) in [5, 5.41) is 0. The van der Waals surface area contributed by atoms with Crippen molar-refractivity contribution >= 4 is 0 Å². The van der Waals surface area contributed by atoms with E-state index < -0.39 is 0 Å². The van der Waals surface area contributed by atoms with E-state index in [4.69, 9.17) is 4.74 Å². The van der Waals surface area contributed by atoms with Crippen molar-refractivity contribution in [3.8, 4) is 0 Å². The van der Waals surface area contributed by atoms with E-state index in [2.05, 4.69) is 13.8 Å². The van der Waals surface area contributed by atoms with Crippen molar-refractivity contribution in [1.29, 1.82) is 0 Å². The predicted octanol–water partition coefficient (Wildman–Crippen LogP) is 3.24. The summed E-state index contributed by atoms with van der Waals surface area (Å²) < 4.78 is 5.14. The molecule has 0 amide bonds. The van der Waals surface area contributed by atoms with E-state index in [0.717, 1.165) is 12.5 Å². The second kappa shape index (κ2) is 4.27. The van der Waals surface area contributed by atoms with Gasteiger partial charge in [-0.1, -0.05) is 26.7 Å². The lowest BCUT2D eigenvalue weighted by atomic mass is 9.61. The van der Waals surface area contributed by atoms with E-state index in [-0.39, 0.29) is 0 Å². The van der Waals surface area contributed by atoms with Gasteiger partial charge < -0.3 is 4.74 Å². The first-order chi connectivity index (χ1) is 5.73. The molecule has 0 aromatic rings. The first-order valence-electron chi connectivity index (χ1n) is 5.22. The Bertz CT molecular complexity index is 127. The highest BCUT2D eigenvalue weighted by molar-refractivity contribution is 4.88. The molecule has 1 nitrogen and oxygen atoms in total. The van der Waals surface area contributed by atoms with Crippen LogP contribution >= 0.6 is 0 Å². The second-order valence-corrected chi connectivity index (χ2v) is 4.39. The summed E-state index contributed by atoms with van der Waals surface area (Å²) in [5.41, 5.74) is 0.660. The maximum Gasteiger partial charge on any atom is 0.0465 e. The van der Waals surface area contributed by atoms with Gasteiger partial charge in [0, 0.05) is 13.7 Å². The molecular weight excluding hydrogens is 148 g/mol. The van der Waals surface area contributed by atoms with E-state index in [1.807, 2.05) is 0 Å². The van der Waals surface area contributed by atoms with Crippen LogP contribution < -0.4 is 0 Å². The minimum Gasteiger partial charge on any atom is -0.385 e. The molecule has 1 saturated carbocycles. The molecule has 0 heterocycles. The molecule has 0 radical (unpaired) electrons. The number of ether oxygens (including phenoxy) is 1. The van der Waals surface area contributed by atoms with E-state index in [0.29, 0.717) is 5.41 Å². The molecule has 0 saturated heterocycles. The fourth-order valence-electron chi connectivity index (χ4n) is 2.45. The van der Waals surface area contributed by atoms with Crippen LogP contribution in [0.25, 0.3) is 0 Å². The molecule has 1 unspecified atom stereocenters. The summed E-state index contributed by atoms with van der Waals surface area (Å²) in [5.74, 6) is 0.895. The fraction of sp³-hybridized carbons (Fsp3) is 1.00. The van der Waals surface area contributed by atoms with Crippen LogP contribution in [0.15, 0.2) is 0 Å². The maximum atomic E-state index is 5.14. The highest BCUT2D eigenvalue weighted by Crippen LogP contribution is 2.49. The zero-order valence-corrected chi connectivity index (χ0v) is 8.73. The number of hydrogen-bond donors (Lipinski definition) is 0. The molecule has 0 aliphatic heterocycles. The van der Waals surface area contributed by atoms with Crippen LogP contribution in [0.5, 0.6) is 0 Å². The summed E-state index contributed by atoms with van der Waals surface area (Å²) >= 11 is 0. The average Bonchev–Trinajstić information content (AvgIpc) is 2.02. The first kappa shape index (κ1) is 10.0. The molecule has 1 atom stereocenters. The minimum absolute atomic E-state index is 0.660. The van der Waals surface area contributed by atoms with Gasteiger partial charge in [0.1, 0.15) is 0 Å². The van der Waals surface area contributed by atoms with E-state index in [9.17, 15) is 0 Å². The number of rotatable bonds is 5. The number of hydrogen-bond acceptors (Lipinski definition) is 1. The van der Waals surface area contributed by atoms with Gasteiger partial charge in [-0.15, -0.1) is 0 Å². The normalized spacial score (nSPS) is 23.2. The van der Waals surface area contributed by atoms with E-state index in [1.165, 1.54) is 32.1 Å². The van der Waals surface area contributed by atoms with Crippen LogP contribution in [0.1, 0.15) is 46.0 Å². The monoisotopic (exact) mass is 170 g/mol. The quantitative estimate of drug-likeness (QED) is 0.615. The molecule has 72 valence electrons. The molecule has 0 bridgehead atoms. The predicted molar refractivity (Wildman–Crippen MR) is 52.2 cm³/mol. The topological polar surface area (TPSA) is 9.23 Å². The van der Waals surface area contributed by atoms with Crippen molar-refractivity contribution in [3.05, 3.63) is 0 Å². The molecule has 0 spiro atoms. The lowest BCUT2D eigenvalue weighted by Crippen LogP contribution is -2.34. The third-order valence-corrected chi connectivity index (χ3v) is 3.64. The van der Waals surface area contributed by atoms with Crippen molar-refractivity contribution in [1.82, 2.24) is 0 Å². The van der Waals surface area contributed by atoms with Crippen LogP contribution in [0.4, 0.5) is 0 Å². The van der Waals surface area contributed by atoms with Crippen molar-refractivity contribution in [2.24, 2.45) is 11.3 Å². The van der Waals surface area contributed by atoms with Gasteiger partial charge in [0.25, 0.3) is 0 Å². The summed E-state index contributed by atoms with van der Waals surface area (Å²) in [6.45, 7) is 5.69. The molecule has 1 fully saturated rings. The van der Waals surface area contributed by atoms with Gasteiger partial charge in [-0.05, 0) is 30.6 Å². The van der Waals surface area contributed by atoms with Gasteiger partial charge >= 0.3 is 0 Å². The molecule has 1 heteroatoms. The van der Waals surface area contributed by atoms with Gasteiger partial charge in [-0.3, -0.25) is 0 Å². The third-order valence-electron chi connectivity index (χ3n) is 3.64. The molecular formula is C11H22O. The Hall–Kier alpha value is -0.0400. The first-order valence-corrected chi connectivity index (χ1v) is 5.22. The van der Waals surface area contributed by atoms with Crippen molar-refractivity contribution < 1.29 is 4.74 Å². The van der Waals surface area contributed by atoms with Gasteiger partial charge in [0.05, 0.1) is 0 Å². The highest BCUT2D eigenvalue weighted by atomic mass is 16.5. The Morgan fingerprint density at radius 2 is 2.08 bits per heavy atom. The molecule has 1 rings (SSSR count). The van der Waals surface area contributed by atoms with Crippen LogP contribution in [0.3, 0.4) is 0 Å². The Morgan fingerprint density at radius 3 is 2.42 bits per heavy atom. The lowest BCUT2D eigenvalue weighted by Gasteiger charge is -2.45. The Labute approximate surface area is 76.5 Å². The largest absolute Gasteiger partial charge is 0.385 e. The SMILES string of the molecule is CCC(CCOC)C1(C)CCC1. The van der Waals surface area contributed by atoms with Crippen molar-refractivity contribution in [2.75, 3.05) is 13.7 Å². The van der Waals surface area contributed by atoms with Gasteiger partial charge in [-0.25, -0.2) is 0 Å². The summed E-state index contributed by atoms with van der Waals surface area (Å²) in [7, 11) is 1.80. The fourth-order valence-corrected chi connectivity index (χ4v) is 2.45. The van der Waals surface area contributed by atoms with Crippen molar-refractivity contribution in [2.45, 2.75) is 46.0 Å². The summed E-state index contributed by atoms with van der Waals surface area (Å²) in [6.07, 6.45) is 6.90. The van der Waals surface area contributed by atoms with Crippen LogP contribution in [0.2, 0.25) is 0 Å². The van der Waals surface area contributed by atoms with Gasteiger partial charge in [0.15, 0.2) is 0 Å². The molecule has 0 N–H and O–H groups in total. The Balaban J connectivity index is 2.33. The van der Waals surface area contributed by atoms with Gasteiger partial charge in [-0.2, -0.15) is 0 Å². The lowest BCUT2D eigenvalue weighted by molar-refractivity contribution is 0.0434. The van der Waals surface area contributed by atoms with Crippen LogP contribution in [-0.2, 0) is 4.74 Å². The molecule has 0 aromatic carbocycles. The smallest absolute Gasteiger partial charge is 0.0465 e. The van der Waals surface area contributed by atoms with Crippen LogP contribution in [-0.4, -0.2) is 13.7 Å². The van der Waals surface area contributed by atoms with Crippen molar-refractivity contribution in [3.63, 3.8) is 0 Å². The van der Waals surface area contributed by atoms with E-state index in [1.54, 1.807) is 7.11 Å². The molecule has 1 aliphatic carbocycles. The third kappa shape index (κ3) is 2.01. The van der Waals surface area contributed by atoms with Gasteiger partial charge in [0.2, 0.25) is 0 Å². The van der Waals surface area contributed by atoms with Crippen LogP contribution in [0, 0.1) is 11.3 Å². The average molecular weight is 170 g/mol. The Kier molecular flexibility index (Phi) is 3.57. The molecule has 0 aromatic heterocycles. The van der Waals surface area contributed by atoms with E-state index >= 15 is 0 Å². The molecule has 1 aliphatic rings. The zero-order chi connectivity index (χ0) is 9.03. The Morgan fingerprint density at radius 1 is 1.42 bits per heavy atom. The zero-order valence-electron chi connectivity index (χ0n) is 8.73. The highest BCUT2D eigenvalue weighted by Gasteiger charge is 2.37. The molecule has 12 heavy (non-hydrogen) atoms.